The van der Waals surface area contributed by atoms with Gasteiger partial charge in [-0.3, -0.25) is 0 Å². The van der Waals surface area contributed by atoms with Crippen molar-refractivity contribution in [2.45, 2.75) is 39.7 Å². The lowest BCUT2D eigenvalue weighted by atomic mass is 9.94. The van der Waals surface area contributed by atoms with Gasteiger partial charge in [-0.05, 0) is 38.3 Å². The summed E-state index contributed by atoms with van der Waals surface area (Å²) >= 11 is 0. The maximum atomic E-state index is 11.7. The zero-order valence-electron chi connectivity index (χ0n) is 12.2. The molecular weight excluding hydrogens is 240 g/mol. The van der Waals surface area contributed by atoms with Crippen molar-refractivity contribution in [3.8, 4) is 0 Å². The highest BCUT2D eigenvalue weighted by atomic mass is 16.3. The molecule has 0 fully saturated rings. The first-order valence-electron chi connectivity index (χ1n) is 6.62. The van der Waals surface area contributed by atoms with Crippen molar-refractivity contribution in [1.29, 1.82) is 0 Å². The van der Waals surface area contributed by atoms with Gasteiger partial charge in [0.25, 0.3) is 0 Å². The monoisotopic (exact) mass is 264 g/mol. The maximum absolute atomic E-state index is 11.7. The molecule has 0 saturated carbocycles. The summed E-state index contributed by atoms with van der Waals surface area (Å²) < 4.78 is 0. The molecule has 2 amide bonds. The van der Waals surface area contributed by atoms with E-state index < -0.39 is 5.60 Å². The van der Waals surface area contributed by atoms with Crippen LogP contribution in [0.2, 0.25) is 0 Å². The quantitative estimate of drug-likeness (QED) is 0.765. The van der Waals surface area contributed by atoms with Gasteiger partial charge in [0, 0.05) is 12.2 Å². The topological polar surface area (TPSA) is 61.4 Å². The Morgan fingerprint density at radius 2 is 1.89 bits per heavy atom. The summed E-state index contributed by atoms with van der Waals surface area (Å²) in [6, 6.07) is 7.27. The van der Waals surface area contributed by atoms with E-state index in [4.69, 9.17) is 0 Å². The molecule has 4 nitrogen and oxygen atoms in total. The fraction of sp³-hybridized carbons (Fsp3) is 0.533. The molecule has 106 valence electrons. The van der Waals surface area contributed by atoms with Crippen molar-refractivity contribution in [2.75, 3.05) is 11.9 Å². The largest absolute Gasteiger partial charge is 0.388 e. The highest BCUT2D eigenvalue weighted by molar-refractivity contribution is 5.89. The predicted molar refractivity (Wildman–Crippen MR) is 78.3 cm³/mol. The molecule has 0 aliphatic rings. The van der Waals surface area contributed by atoms with Crippen LogP contribution in [0, 0.1) is 12.8 Å². The predicted octanol–water partition coefficient (Wildman–Crippen LogP) is 2.91. The Bertz CT molecular complexity index is 411. The van der Waals surface area contributed by atoms with Crippen molar-refractivity contribution in [1.82, 2.24) is 5.32 Å². The molecule has 1 rings (SSSR count). The third-order valence-electron chi connectivity index (χ3n) is 2.79. The van der Waals surface area contributed by atoms with E-state index in [1.165, 1.54) is 0 Å². The summed E-state index contributed by atoms with van der Waals surface area (Å²) in [6.45, 7) is 8.05. The summed E-state index contributed by atoms with van der Waals surface area (Å²) in [5.74, 6) is 0.386. The molecule has 4 heteroatoms. The number of carbonyl (C=O) groups excluding carboxylic acids is 1. The first kappa shape index (κ1) is 15.5. The Hall–Kier alpha value is -1.55. The number of rotatable bonds is 5. The van der Waals surface area contributed by atoms with Gasteiger partial charge in [-0.2, -0.15) is 0 Å². The molecule has 19 heavy (non-hydrogen) atoms. The highest BCUT2D eigenvalue weighted by Gasteiger charge is 2.22. The van der Waals surface area contributed by atoms with Crippen LogP contribution in [0.25, 0.3) is 0 Å². The average molecular weight is 264 g/mol. The van der Waals surface area contributed by atoms with E-state index in [0.717, 1.165) is 11.3 Å². The van der Waals surface area contributed by atoms with Crippen LogP contribution in [-0.4, -0.2) is 23.3 Å². The summed E-state index contributed by atoms with van der Waals surface area (Å²) in [5.41, 5.74) is 1.01. The molecule has 0 aliphatic carbocycles. The fourth-order valence-electron chi connectivity index (χ4n) is 2.03. The summed E-state index contributed by atoms with van der Waals surface area (Å²) in [7, 11) is 0. The van der Waals surface area contributed by atoms with Gasteiger partial charge in [0.1, 0.15) is 0 Å². The lowest BCUT2D eigenvalue weighted by Crippen LogP contribution is -2.43. The summed E-state index contributed by atoms with van der Waals surface area (Å²) in [6.07, 6.45) is 0.651. The SMILES string of the molecule is Cc1ccc(NC(=O)NCC(C)(O)CC(C)C)cc1. The second kappa shape index (κ2) is 6.57. The molecule has 0 aromatic heterocycles. The number of urea groups is 1. The summed E-state index contributed by atoms with van der Waals surface area (Å²) in [4.78, 5) is 11.7. The Morgan fingerprint density at radius 1 is 1.32 bits per heavy atom. The average Bonchev–Trinajstić information content (AvgIpc) is 2.28. The van der Waals surface area contributed by atoms with Crippen molar-refractivity contribution < 1.29 is 9.90 Å². The number of aryl methyl sites for hydroxylation is 1. The van der Waals surface area contributed by atoms with Crippen LogP contribution < -0.4 is 10.6 Å². The van der Waals surface area contributed by atoms with Gasteiger partial charge in [0.05, 0.1) is 5.60 Å². The Labute approximate surface area is 115 Å². The van der Waals surface area contributed by atoms with Gasteiger partial charge in [-0.25, -0.2) is 4.79 Å². The minimum absolute atomic E-state index is 0.239. The highest BCUT2D eigenvalue weighted by Crippen LogP contribution is 2.15. The van der Waals surface area contributed by atoms with Crippen molar-refractivity contribution in [3.63, 3.8) is 0 Å². The van der Waals surface area contributed by atoms with Crippen LogP contribution in [0.15, 0.2) is 24.3 Å². The first-order chi connectivity index (χ1) is 8.78. The van der Waals surface area contributed by atoms with Gasteiger partial charge in [0.2, 0.25) is 0 Å². The molecule has 1 aromatic carbocycles. The van der Waals surface area contributed by atoms with E-state index in [-0.39, 0.29) is 12.6 Å². The number of hydrogen-bond acceptors (Lipinski definition) is 2. The van der Waals surface area contributed by atoms with Crippen LogP contribution in [-0.2, 0) is 0 Å². The van der Waals surface area contributed by atoms with E-state index in [1.54, 1.807) is 6.92 Å². The molecule has 1 unspecified atom stereocenters. The number of carbonyl (C=O) groups is 1. The second-order valence-electron chi connectivity index (χ2n) is 5.77. The number of amides is 2. The zero-order valence-corrected chi connectivity index (χ0v) is 12.2. The van der Waals surface area contributed by atoms with E-state index in [2.05, 4.69) is 10.6 Å². The fourth-order valence-corrected chi connectivity index (χ4v) is 2.03. The molecule has 0 heterocycles. The normalized spacial score (nSPS) is 14.0. The van der Waals surface area contributed by atoms with Crippen LogP contribution in [0.5, 0.6) is 0 Å². The molecule has 1 atom stereocenters. The third kappa shape index (κ3) is 6.25. The van der Waals surface area contributed by atoms with Gasteiger partial charge in [-0.15, -0.1) is 0 Å². The summed E-state index contributed by atoms with van der Waals surface area (Å²) in [5, 5.41) is 15.5. The molecule has 0 radical (unpaired) electrons. The first-order valence-corrected chi connectivity index (χ1v) is 6.62. The standard InChI is InChI=1S/C15H24N2O2/c1-11(2)9-15(4,19)10-16-14(18)17-13-7-5-12(3)6-8-13/h5-8,11,19H,9-10H2,1-4H3,(H2,16,17,18). The lowest BCUT2D eigenvalue weighted by Gasteiger charge is -2.25. The molecule has 0 aliphatic heterocycles. The van der Waals surface area contributed by atoms with E-state index >= 15 is 0 Å². The molecular formula is C15H24N2O2. The van der Waals surface area contributed by atoms with Crippen LogP contribution in [0.4, 0.5) is 10.5 Å². The molecule has 0 bridgehead atoms. The third-order valence-corrected chi connectivity index (χ3v) is 2.79. The number of aliphatic hydroxyl groups is 1. The smallest absolute Gasteiger partial charge is 0.319 e. The van der Waals surface area contributed by atoms with Crippen molar-refractivity contribution in [3.05, 3.63) is 29.8 Å². The van der Waals surface area contributed by atoms with Crippen LogP contribution in [0.3, 0.4) is 0 Å². The van der Waals surface area contributed by atoms with Crippen LogP contribution >= 0.6 is 0 Å². The maximum Gasteiger partial charge on any atom is 0.319 e. The van der Waals surface area contributed by atoms with Gasteiger partial charge < -0.3 is 15.7 Å². The lowest BCUT2D eigenvalue weighted by molar-refractivity contribution is 0.0413. The number of nitrogens with one attached hydrogen (secondary N) is 2. The minimum Gasteiger partial charge on any atom is -0.388 e. The number of anilines is 1. The van der Waals surface area contributed by atoms with Crippen molar-refractivity contribution >= 4 is 11.7 Å². The zero-order chi connectivity index (χ0) is 14.5. The Balaban J connectivity index is 2.41. The van der Waals surface area contributed by atoms with Crippen LogP contribution in [0.1, 0.15) is 32.8 Å². The minimum atomic E-state index is -0.876. The Kier molecular flexibility index (Phi) is 5.36. The molecule has 0 saturated heterocycles. The molecule has 3 N–H and O–H groups in total. The van der Waals surface area contributed by atoms with Crippen molar-refractivity contribution in [2.24, 2.45) is 5.92 Å². The molecule has 1 aromatic rings. The Morgan fingerprint density at radius 3 is 2.42 bits per heavy atom. The number of hydrogen-bond donors (Lipinski definition) is 3. The molecule has 0 spiro atoms. The second-order valence-corrected chi connectivity index (χ2v) is 5.77. The van der Waals surface area contributed by atoms with Gasteiger partial charge >= 0.3 is 6.03 Å². The van der Waals surface area contributed by atoms with E-state index in [0.29, 0.717) is 12.3 Å². The number of benzene rings is 1. The van der Waals surface area contributed by atoms with Gasteiger partial charge in [-0.1, -0.05) is 31.5 Å². The van der Waals surface area contributed by atoms with E-state index in [1.807, 2.05) is 45.0 Å². The van der Waals surface area contributed by atoms with Gasteiger partial charge in [0.15, 0.2) is 0 Å². The van der Waals surface area contributed by atoms with E-state index in [9.17, 15) is 9.90 Å².